The van der Waals surface area contributed by atoms with E-state index in [9.17, 15) is 19.2 Å². The summed E-state index contributed by atoms with van der Waals surface area (Å²) in [6.45, 7) is 2.93. The van der Waals surface area contributed by atoms with E-state index in [1.165, 1.54) is 24.3 Å². The van der Waals surface area contributed by atoms with Crippen LogP contribution in [0.2, 0.25) is 0 Å². The van der Waals surface area contributed by atoms with Crippen LogP contribution < -0.4 is 15.4 Å². The maximum atomic E-state index is 13.0. The fourth-order valence-corrected chi connectivity index (χ4v) is 3.27. The molecule has 1 atom stereocenters. The molecule has 1 aliphatic rings. The summed E-state index contributed by atoms with van der Waals surface area (Å²) in [7, 11) is 1.54. The summed E-state index contributed by atoms with van der Waals surface area (Å²) < 4.78 is 5.23. The number of aryl methyl sites for hydroxylation is 1. The van der Waals surface area contributed by atoms with Crippen molar-refractivity contribution in [1.29, 1.82) is 0 Å². The zero-order valence-corrected chi connectivity index (χ0v) is 16.7. The summed E-state index contributed by atoms with van der Waals surface area (Å²) in [6.07, 6.45) is 0. The van der Waals surface area contributed by atoms with Crippen molar-refractivity contribution in [3.8, 4) is 5.75 Å². The lowest BCUT2D eigenvalue weighted by Crippen LogP contribution is -2.42. The van der Waals surface area contributed by atoms with Crippen LogP contribution in [0.25, 0.3) is 0 Å². The van der Waals surface area contributed by atoms with Gasteiger partial charge in [-0.05, 0) is 61.4 Å². The molecule has 0 aliphatic carbocycles. The Kier molecular flexibility index (Phi) is 5.46. The number of aromatic carboxylic acids is 1. The summed E-state index contributed by atoms with van der Waals surface area (Å²) in [5, 5.41) is 14.1. The number of carboxylic acid groups (broad SMARTS) is 1. The summed E-state index contributed by atoms with van der Waals surface area (Å²) in [5.41, 5.74) is 0.501. The van der Waals surface area contributed by atoms with Gasteiger partial charge < -0.3 is 20.5 Å². The molecule has 0 saturated carbocycles. The van der Waals surface area contributed by atoms with E-state index in [1.807, 2.05) is 6.92 Å². The van der Waals surface area contributed by atoms with E-state index in [0.717, 1.165) is 10.5 Å². The molecule has 1 unspecified atom stereocenters. The Bertz CT molecular complexity index is 1030. The molecule has 9 heteroatoms. The van der Waals surface area contributed by atoms with Crippen LogP contribution in [0.4, 0.5) is 10.5 Å². The number of rotatable bonds is 6. The Balaban J connectivity index is 1.73. The Morgan fingerprint density at radius 2 is 1.83 bits per heavy atom. The first-order valence-electron chi connectivity index (χ1n) is 9.08. The first kappa shape index (κ1) is 20.8. The van der Waals surface area contributed by atoms with E-state index < -0.39 is 35.9 Å². The predicted octanol–water partition coefficient (Wildman–Crippen LogP) is 2.11. The highest BCUT2D eigenvalue weighted by molar-refractivity contribution is 6.10. The molecule has 156 valence electrons. The Morgan fingerprint density at radius 3 is 2.40 bits per heavy atom. The van der Waals surface area contributed by atoms with Gasteiger partial charge in [0.15, 0.2) is 0 Å². The third-order valence-electron chi connectivity index (χ3n) is 4.96. The Hall–Kier alpha value is -3.88. The monoisotopic (exact) mass is 411 g/mol. The lowest BCUT2D eigenvalue weighted by Gasteiger charge is -2.23. The summed E-state index contributed by atoms with van der Waals surface area (Å²) in [5.74, 6) is -1.56. The number of methoxy groups -OCH3 is 1. The third-order valence-corrected chi connectivity index (χ3v) is 4.96. The van der Waals surface area contributed by atoms with Gasteiger partial charge in [0.2, 0.25) is 5.91 Å². The standard InChI is InChI=1S/C21H21N3O6/c1-12-10-14(6-9-16(12)30-3)21(2)19(28)24(20(29)23-21)11-17(25)22-15-7-4-13(5-8-15)18(26)27/h4-10H,11H2,1-3H3,(H,22,25)(H,23,29)(H,26,27). The zero-order chi connectivity index (χ0) is 22.1. The van der Waals surface area contributed by atoms with Gasteiger partial charge in [-0.15, -0.1) is 0 Å². The minimum absolute atomic E-state index is 0.0765. The van der Waals surface area contributed by atoms with Gasteiger partial charge in [0.1, 0.15) is 17.8 Å². The molecule has 9 nitrogen and oxygen atoms in total. The number of amides is 4. The van der Waals surface area contributed by atoms with Crippen LogP contribution in [0, 0.1) is 6.92 Å². The van der Waals surface area contributed by atoms with Gasteiger partial charge in [0.25, 0.3) is 5.91 Å². The zero-order valence-electron chi connectivity index (χ0n) is 16.7. The fraction of sp³-hybridized carbons (Fsp3) is 0.238. The number of nitrogens with zero attached hydrogens (tertiary/aromatic N) is 1. The molecule has 0 bridgehead atoms. The summed E-state index contributed by atoms with van der Waals surface area (Å²) in [4.78, 5) is 49.5. The predicted molar refractivity (Wildman–Crippen MR) is 107 cm³/mol. The van der Waals surface area contributed by atoms with Crippen LogP contribution >= 0.6 is 0 Å². The minimum atomic E-state index is -1.31. The lowest BCUT2D eigenvalue weighted by atomic mass is 9.90. The van der Waals surface area contributed by atoms with Crippen LogP contribution in [0.3, 0.4) is 0 Å². The minimum Gasteiger partial charge on any atom is -0.496 e. The number of hydrogen-bond donors (Lipinski definition) is 3. The molecule has 0 aromatic heterocycles. The molecule has 1 heterocycles. The van der Waals surface area contributed by atoms with Gasteiger partial charge in [-0.25, -0.2) is 9.59 Å². The van der Waals surface area contributed by atoms with E-state index in [-0.39, 0.29) is 5.56 Å². The lowest BCUT2D eigenvalue weighted by molar-refractivity contribution is -0.133. The van der Waals surface area contributed by atoms with Crippen LogP contribution in [0.15, 0.2) is 42.5 Å². The smallest absolute Gasteiger partial charge is 0.335 e. The molecule has 0 spiro atoms. The van der Waals surface area contributed by atoms with E-state index in [2.05, 4.69) is 10.6 Å². The van der Waals surface area contributed by atoms with Gasteiger partial charge in [0.05, 0.1) is 12.7 Å². The number of carboxylic acids is 1. The van der Waals surface area contributed by atoms with Gasteiger partial charge in [0, 0.05) is 5.69 Å². The first-order chi connectivity index (χ1) is 14.2. The Labute approximate surface area is 172 Å². The molecule has 3 rings (SSSR count). The van der Waals surface area contributed by atoms with Crippen molar-refractivity contribution >= 4 is 29.5 Å². The molecule has 4 amide bonds. The molecule has 2 aromatic carbocycles. The molecule has 2 aromatic rings. The first-order valence-corrected chi connectivity index (χ1v) is 9.08. The van der Waals surface area contributed by atoms with E-state index in [1.54, 1.807) is 32.2 Å². The van der Waals surface area contributed by atoms with Crippen LogP contribution in [0.5, 0.6) is 5.75 Å². The average Bonchev–Trinajstić information content (AvgIpc) is 2.92. The van der Waals surface area contributed by atoms with Gasteiger partial charge in [-0.3, -0.25) is 14.5 Å². The average molecular weight is 411 g/mol. The molecule has 1 saturated heterocycles. The Morgan fingerprint density at radius 1 is 1.17 bits per heavy atom. The maximum absolute atomic E-state index is 13.0. The second-order valence-corrected chi connectivity index (χ2v) is 7.06. The second kappa shape index (κ2) is 7.86. The molecule has 3 N–H and O–H groups in total. The molecule has 1 aliphatic heterocycles. The quantitative estimate of drug-likeness (QED) is 0.625. The number of anilines is 1. The highest BCUT2D eigenvalue weighted by atomic mass is 16.5. The van der Waals surface area contributed by atoms with Crippen molar-refractivity contribution in [2.75, 3.05) is 19.0 Å². The van der Waals surface area contributed by atoms with Crippen LogP contribution in [-0.4, -0.2) is 47.5 Å². The molecule has 30 heavy (non-hydrogen) atoms. The number of carbonyl (C=O) groups excluding carboxylic acids is 3. The number of imide groups is 1. The van der Waals surface area contributed by atoms with E-state index in [0.29, 0.717) is 17.0 Å². The number of benzene rings is 2. The molecular formula is C21H21N3O6. The van der Waals surface area contributed by atoms with Crippen LogP contribution in [0.1, 0.15) is 28.4 Å². The molecule has 1 fully saturated rings. The number of urea groups is 1. The van der Waals surface area contributed by atoms with Crippen molar-refractivity contribution < 1.29 is 29.0 Å². The third kappa shape index (κ3) is 3.82. The summed E-state index contributed by atoms with van der Waals surface area (Å²) >= 11 is 0. The fourth-order valence-electron chi connectivity index (χ4n) is 3.27. The largest absolute Gasteiger partial charge is 0.496 e. The number of ether oxygens (including phenoxy) is 1. The molecular weight excluding hydrogens is 390 g/mol. The van der Waals surface area contributed by atoms with Gasteiger partial charge in [-0.2, -0.15) is 0 Å². The molecule has 0 radical (unpaired) electrons. The van der Waals surface area contributed by atoms with E-state index >= 15 is 0 Å². The van der Waals surface area contributed by atoms with Crippen molar-refractivity contribution in [3.05, 3.63) is 59.2 Å². The van der Waals surface area contributed by atoms with E-state index in [4.69, 9.17) is 9.84 Å². The topological polar surface area (TPSA) is 125 Å². The number of nitrogens with one attached hydrogen (secondary N) is 2. The maximum Gasteiger partial charge on any atom is 0.335 e. The van der Waals surface area contributed by atoms with Crippen molar-refractivity contribution in [2.24, 2.45) is 0 Å². The summed E-state index contributed by atoms with van der Waals surface area (Å²) in [6, 6.07) is 10.0. The normalized spacial score (nSPS) is 18.2. The highest BCUT2D eigenvalue weighted by Crippen LogP contribution is 2.31. The van der Waals surface area contributed by atoms with Crippen LogP contribution in [-0.2, 0) is 15.1 Å². The SMILES string of the molecule is COc1ccc(C2(C)NC(=O)N(CC(=O)Nc3ccc(C(=O)O)cc3)C2=O)cc1C. The number of hydrogen-bond acceptors (Lipinski definition) is 5. The van der Waals surface area contributed by atoms with Crippen molar-refractivity contribution in [3.63, 3.8) is 0 Å². The van der Waals surface area contributed by atoms with Crippen molar-refractivity contribution in [2.45, 2.75) is 19.4 Å². The highest BCUT2D eigenvalue weighted by Gasteiger charge is 2.49. The number of carbonyl (C=O) groups is 4. The van der Waals surface area contributed by atoms with Gasteiger partial charge >= 0.3 is 12.0 Å². The van der Waals surface area contributed by atoms with Crippen molar-refractivity contribution in [1.82, 2.24) is 10.2 Å². The van der Waals surface area contributed by atoms with Gasteiger partial charge in [-0.1, -0.05) is 6.07 Å². The second-order valence-electron chi connectivity index (χ2n) is 7.06.